The van der Waals surface area contributed by atoms with Gasteiger partial charge in [0.1, 0.15) is 0 Å². The van der Waals surface area contributed by atoms with Crippen LogP contribution in [0.2, 0.25) is 0 Å². The molecule has 17 heavy (non-hydrogen) atoms. The first-order valence-corrected chi connectivity index (χ1v) is 6.57. The monoisotopic (exact) mass is 251 g/mol. The molecule has 0 saturated heterocycles. The van der Waals surface area contributed by atoms with E-state index in [1.54, 1.807) is 17.5 Å². The van der Waals surface area contributed by atoms with Gasteiger partial charge < -0.3 is 9.73 Å². The van der Waals surface area contributed by atoms with Gasteiger partial charge in [-0.05, 0) is 27.3 Å². The smallest absolute Gasteiger partial charge is 0.211 e. The molecule has 0 aliphatic rings. The van der Waals surface area contributed by atoms with Crippen molar-refractivity contribution < 1.29 is 4.42 Å². The topological polar surface area (TPSA) is 51.0 Å². The highest BCUT2D eigenvalue weighted by Gasteiger charge is 2.15. The predicted molar refractivity (Wildman–Crippen MR) is 69.2 cm³/mol. The Morgan fingerprint density at radius 2 is 2.24 bits per heavy atom. The van der Waals surface area contributed by atoms with E-state index in [9.17, 15) is 0 Å². The van der Waals surface area contributed by atoms with E-state index in [0.29, 0.717) is 0 Å². The number of nitrogens with one attached hydrogen (secondary N) is 1. The molecule has 1 unspecified atom stereocenters. The summed E-state index contributed by atoms with van der Waals surface area (Å²) in [5, 5.41) is 4.33. The minimum atomic E-state index is 0.142. The minimum absolute atomic E-state index is 0.142. The van der Waals surface area contributed by atoms with Crippen LogP contribution in [0.1, 0.15) is 36.5 Å². The van der Waals surface area contributed by atoms with Crippen LogP contribution in [0.5, 0.6) is 0 Å². The Balaban J connectivity index is 2.26. The molecule has 2 heterocycles. The van der Waals surface area contributed by atoms with Gasteiger partial charge in [-0.15, -0.1) is 11.3 Å². The van der Waals surface area contributed by atoms with E-state index in [-0.39, 0.29) is 6.04 Å². The second-order valence-corrected chi connectivity index (χ2v) is 5.19. The lowest BCUT2D eigenvalue weighted by atomic mass is 10.3. The first-order chi connectivity index (χ1) is 8.11. The zero-order valence-corrected chi connectivity index (χ0v) is 11.4. The summed E-state index contributed by atoms with van der Waals surface area (Å²) < 4.78 is 5.78. The molecule has 1 atom stereocenters. The maximum absolute atomic E-state index is 5.78. The second kappa shape index (κ2) is 4.98. The van der Waals surface area contributed by atoms with E-state index >= 15 is 0 Å². The number of aryl methyl sites for hydroxylation is 2. The number of rotatable bonds is 4. The highest BCUT2D eigenvalue weighted by Crippen LogP contribution is 2.31. The molecule has 5 heteroatoms. The molecular formula is C12H17N3OS. The van der Waals surface area contributed by atoms with Gasteiger partial charge in [0.25, 0.3) is 0 Å². The molecule has 0 radical (unpaired) electrons. The quantitative estimate of drug-likeness (QED) is 0.907. The average Bonchev–Trinajstić information content (AvgIpc) is 2.85. The van der Waals surface area contributed by atoms with Gasteiger partial charge in [0, 0.05) is 0 Å². The van der Waals surface area contributed by atoms with Crippen molar-refractivity contribution in [3.05, 3.63) is 22.8 Å². The van der Waals surface area contributed by atoms with Crippen molar-refractivity contribution in [2.45, 2.75) is 33.7 Å². The van der Waals surface area contributed by atoms with Crippen molar-refractivity contribution in [1.29, 1.82) is 0 Å². The Labute approximate surface area is 105 Å². The first-order valence-electron chi connectivity index (χ1n) is 5.75. The van der Waals surface area contributed by atoms with Crippen molar-refractivity contribution in [2.24, 2.45) is 0 Å². The first kappa shape index (κ1) is 12.3. The van der Waals surface area contributed by atoms with Crippen molar-refractivity contribution in [3.63, 3.8) is 0 Å². The van der Waals surface area contributed by atoms with E-state index in [0.717, 1.165) is 33.8 Å². The molecule has 0 aliphatic carbocycles. The Bertz CT molecular complexity index is 504. The van der Waals surface area contributed by atoms with Crippen molar-refractivity contribution in [3.8, 4) is 10.6 Å². The number of aromatic nitrogens is 2. The molecule has 0 bridgehead atoms. The maximum atomic E-state index is 5.78. The molecule has 1 N–H and O–H groups in total. The fourth-order valence-corrected chi connectivity index (χ4v) is 2.61. The van der Waals surface area contributed by atoms with Crippen LogP contribution < -0.4 is 5.32 Å². The Hall–Kier alpha value is -1.20. The molecule has 0 aromatic carbocycles. The largest absolute Gasteiger partial charge is 0.438 e. The third kappa shape index (κ3) is 2.56. The number of oxazole rings is 1. The normalized spacial score (nSPS) is 12.9. The van der Waals surface area contributed by atoms with E-state index in [4.69, 9.17) is 4.42 Å². The molecule has 2 aromatic heterocycles. The zero-order valence-electron chi connectivity index (χ0n) is 10.6. The van der Waals surface area contributed by atoms with Crippen LogP contribution in [-0.2, 0) is 0 Å². The fourth-order valence-electron chi connectivity index (χ4n) is 1.75. The lowest BCUT2D eigenvalue weighted by Crippen LogP contribution is -2.17. The van der Waals surface area contributed by atoms with E-state index < -0.39 is 0 Å². The number of hydrogen-bond acceptors (Lipinski definition) is 5. The van der Waals surface area contributed by atoms with Crippen molar-refractivity contribution in [1.82, 2.24) is 15.3 Å². The number of hydrogen-bond donors (Lipinski definition) is 1. The maximum Gasteiger partial charge on any atom is 0.211 e. The van der Waals surface area contributed by atoms with Crippen LogP contribution in [0.4, 0.5) is 0 Å². The van der Waals surface area contributed by atoms with Crippen LogP contribution in [0, 0.1) is 13.8 Å². The fraction of sp³-hybridized carbons (Fsp3) is 0.500. The summed E-state index contributed by atoms with van der Waals surface area (Å²) in [6.45, 7) is 9.01. The summed E-state index contributed by atoms with van der Waals surface area (Å²) in [6.07, 6.45) is 1.78. The summed E-state index contributed by atoms with van der Waals surface area (Å²) in [6, 6.07) is 0.142. The van der Waals surface area contributed by atoms with Gasteiger partial charge in [-0.2, -0.15) is 0 Å². The predicted octanol–water partition coefficient (Wildman–Crippen LogP) is 3.09. The Morgan fingerprint density at radius 1 is 1.47 bits per heavy atom. The van der Waals surface area contributed by atoms with Crippen molar-refractivity contribution in [2.75, 3.05) is 6.54 Å². The van der Waals surface area contributed by atoms with Gasteiger partial charge in [0.05, 0.1) is 27.8 Å². The van der Waals surface area contributed by atoms with Gasteiger partial charge in [0.2, 0.25) is 5.89 Å². The number of thiazole rings is 1. The molecular weight excluding hydrogens is 234 g/mol. The van der Waals surface area contributed by atoms with Gasteiger partial charge >= 0.3 is 0 Å². The molecule has 0 amide bonds. The third-order valence-electron chi connectivity index (χ3n) is 2.53. The lowest BCUT2D eigenvalue weighted by molar-refractivity contribution is 0.429. The van der Waals surface area contributed by atoms with Gasteiger partial charge in [0.15, 0.2) is 5.76 Å². The van der Waals surface area contributed by atoms with Gasteiger partial charge in [-0.3, -0.25) is 0 Å². The summed E-state index contributed by atoms with van der Waals surface area (Å²) in [5.74, 6) is 1.54. The molecule has 4 nitrogen and oxygen atoms in total. The second-order valence-electron chi connectivity index (χ2n) is 3.99. The summed E-state index contributed by atoms with van der Waals surface area (Å²) in [4.78, 5) is 9.78. The van der Waals surface area contributed by atoms with Crippen LogP contribution >= 0.6 is 11.3 Å². The van der Waals surface area contributed by atoms with E-state index in [1.165, 1.54) is 0 Å². The molecule has 92 valence electrons. The van der Waals surface area contributed by atoms with Gasteiger partial charge in [-0.25, -0.2) is 9.97 Å². The van der Waals surface area contributed by atoms with Crippen LogP contribution in [-0.4, -0.2) is 16.5 Å². The van der Waals surface area contributed by atoms with Crippen LogP contribution in [0.25, 0.3) is 10.6 Å². The van der Waals surface area contributed by atoms with E-state index in [2.05, 4.69) is 22.2 Å². The Morgan fingerprint density at radius 3 is 2.82 bits per heavy atom. The highest BCUT2D eigenvalue weighted by molar-refractivity contribution is 7.15. The van der Waals surface area contributed by atoms with Gasteiger partial charge in [-0.1, -0.05) is 6.92 Å². The SMILES string of the molecule is CCNC(C)c1ncc(-c2sc(C)nc2C)o1. The lowest BCUT2D eigenvalue weighted by Gasteiger charge is -2.06. The van der Waals surface area contributed by atoms with E-state index in [1.807, 2.05) is 20.8 Å². The number of nitrogens with zero attached hydrogens (tertiary/aromatic N) is 2. The minimum Gasteiger partial charge on any atom is -0.438 e. The standard InChI is InChI=1S/C12H17N3OS/c1-5-13-8(3)12-14-6-10(16-12)11-7(2)15-9(4)17-11/h6,8,13H,5H2,1-4H3. The zero-order chi connectivity index (χ0) is 12.4. The third-order valence-corrected chi connectivity index (χ3v) is 3.62. The summed E-state index contributed by atoms with van der Waals surface area (Å²) >= 11 is 1.64. The van der Waals surface area contributed by atoms with Crippen LogP contribution in [0.3, 0.4) is 0 Å². The molecule has 0 fully saturated rings. The van der Waals surface area contributed by atoms with Crippen molar-refractivity contribution >= 4 is 11.3 Å². The Kier molecular flexibility index (Phi) is 3.59. The summed E-state index contributed by atoms with van der Waals surface area (Å²) in [7, 11) is 0. The van der Waals surface area contributed by atoms with Crippen LogP contribution in [0.15, 0.2) is 10.6 Å². The molecule has 0 saturated carbocycles. The highest BCUT2D eigenvalue weighted by atomic mass is 32.1. The molecule has 0 aliphatic heterocycles. The summed E-state index contributed by atoms with van der Waals surface area (Å²) in [5.41, 5.74) is 1.01. The molecule has 2 aromatic rings. The average molecular weight is 251 g/mol. The molecule has 0 spiro atoms. The molecule has 2 rings (SSSR count).